The fourth-order valence-electron chi connectivity index (χ4n) is 1.24. The van der Waals surface area contributed by atoms with E-state index in [1.54, 1.807) is 0 Å². The summed E-state index contributed by atoms with van der Waals surface area (Å²) < 4.78 is 0. The molecule has 0 nitrogen and oxygen atoms in total. The summed E-state index contributed by atoms with van der Waals surface area (Å²) >= 11 is 0. The molecule has 61 valence electrons. The van der Waals surface area contributed by atoms with Crippen molar-refractivity contribution in [3.63, 3.8) is 0 Å². The Kier molecular flexibility index (Phi) is 2.55. The summed E-state index contributed by atoms with van der Waals surface area (Å²) in [5.74, 6) is 3.68. The van der Waals surface area contributed by atoms with Crippen LogP contribution in [-0.2, 0) is 0 Å². The van der Waals surface area contributed by atoms with Gasteiger partial charge in [-0.15, -0.1) is 6.42 Å². The van der Waals surface area contributed by atoms with E-state index in [4.69, 9.17) is 6.42 Å². The van der Waals surface area contributed by atoms with E-state index < -0.39 is 0 Å². The van der Waals surface area contributed by atoms with E-state index in [2.05, 4.69) is 31.9 Å². The third-order valence-electron chi connectivity index (χ3n) is 2.23. The molecule has 1 radical (unpaired) electrons. The van der Waals surface area contributed by atoms with Gasteiger partial charge in [0, 0.05) is 0 Å². The SMILES string of the molecule is C#C[C](C)c1cccc(C)c1C. The largest absolute Gasteiger partial charge is 0.119 e. The van der Waals surface area contributed by atoms with E-state index in [9.17, 15) is 0 Å². The van der Waals surface area contributed by atoms with Crippen LogP contribution in [0.25, 0.3) is 0 Å². The number of aryl methyl sites for hydroxylation is 1. The molecule has 0 aromatic heterocycles. The summed E-state index contributed by atoms with van der Waals surface area (Å²) in [4.78, 5) is 0. The summed E-state index contributed by atoms with van der Waals surface area (Å²) in [5, 5.41) is 0. The minimum Gasteiger partial charge on any atom is -0.119 e. The Morgan fingerprint density at radius 1 is 1.33 bits per heavy atom. The minimum absolute atomic E-state index is 1.01. The fourth-order valence-corrected chi connectivity index (χ4v) is 1.24. The molecule has 0 N–H and O–H groups in total. The molecular formula is C12H13. The Bertz CT molecular complexity index is 315. The molecular weight excluding hydrogens is 144 g/mol. The minimum atomic E-state index is 1.01. The lowest BCUT2D eigenvalue weighted by atomic mass is 9.94. The maximum atomic E-state index is 5.34. The molecule has 0 amide bonds. The highest BCUT2D eigenvalue weighted by molar-refractivity contribution is 5.47. The van der Waals surface area contributed by atoms with E-state index in [0.29, 0.717) is 0 Å². The zero-order chi connectivity index (χ0) is 9.14. The van der Waals surface area contributed by atoms with Crippen LogP contribution in [-0.4, -0.2) is 0 Å². The Balaban J connectivity index is 3.18. The first-order valence-corrected chi connectivity index (χ1v) is 4.03. The van der Waals surface area contributed by atoms with Crippen molar-refractivity contribution in [2.75, 3.05) is 0 Å². The molecule has 0 atom stereocenters. The average Bonchev–Trinajstić information content (AvgIpc) is 2.08. The number of hydrogen-bond donors (Lipinski definition) is 0. The van der Waals surface area contributed by atoms with Crippen molar-refractivity contribution in [2.24, 2.45) is 0 Å². The quantitative estimate of drug-likeness (QED) is 0.550. The Hall–Kier alpha value is -1.22. The molecule has 1 aromatic rings. The topological polar surface area (TPSA) is 0 Å². The van der Waals surface area contributed by atoms with Crippen LogP contribution < -0.4 is 0 Å². The summed E-state index contributed by atoms with van der Waals surface area (Å²) in [6.07, 6.45) is 5.34. The summed E-state index contributed by atoms with van der Waals surface area (Å²) in [6.45, 7) is 6.18. The third kappa shape index (κ3) is 1.51. The van der Waals surface area contributed by atoms with Crippen LogP contribution in [0, 0.1) is 32.1 Å². The van der Waals surface area contributed by atoms with E-state index in [-0.39, 0.29) is 0 Å². The second-order valence-corrected chi connectivity index (χ2v) is 3.02. The maximum Gasteiger partial charge on any atom is 0.0738 e. The van der Waals surface area contributed by atoms with Gasteiger partial charge in [0.1, 0.15) is 0 Å². The van der Waals surface area contributed by atoms with Crippen LogP contribution >= 0.6 is 0 Å². The molecule has 1 rings (SSSR count). The zero-order valence-electron chi connectivity index (χ0n) is 7.81. The summed E-state index contributed by atoms with van der Waals surface area (Å²) in [6, 6.07) is 6.21. The van der Waals surface area contributed by atoms with E-state index in [1.165, 1.54) is 16.7 Å². The lowest BCUT2D eigenvalue weighted by Gasteiger charge is -2.09. The first-order valence-electron chi connectivity index (χ1n) is 4.03. The highest BCUT2D eigenvalue weighted by atomic mass is 14.1. The predicted molar refractivity (Wildman–Crippen MR) is 52.8 cm³/mol. The van der Waals surface area contributed by atoms with Crippen molar-refractivity contribution in [1.82, 2.24) is 0 Å². The van der Waals surface area contributed by atoms with Crippen LogP contribution in [0.2, 0.25) is 0 Å². The van der Waals surface area contributed by atoms with Crippen LogP contribution in [0.3, 0.4) is 0 Å². The Labute approximate surface area is 74.6 Å². The maximum absolute atomic E-state index is 5.34. The van der Waals surface area contributed by atoms with Crippen LogP contribution in [0.1, 0.15) is 23.6 Å². The van der Waals surface area contributed by atoms with E-state index >= 15 is 0 Å². The Morgan fingerprint density at radius 3 is 2.58 bits per heavy atom. The molecule has 0 saturated carbocycles. The van der Waals surface area contributed by atoms with Crippen molar-refractivity contribution in [3.05, 3.63) is 40.8 Å². The molecule has 0 saturated heterocycles. The van der Waals surface area contributed by atoms with Crippen molar-refractivity contribution >= 4 is 0 Å². The average molecular weight is 157 g/mol. The lowest BCUT2D eigenvalue weighted by Crippen LogP contribution is -1.95. The van der Waals surface area contributed by atoms with Gasteiger partial charge < -0.3 is 0 Å². The highest BCUT2D eigenvalue weighted by Crippen LogP contribution is 2.20. The molecule has 0 aliphatic rings. The number of hydrogen-bond acceptors (Lipinski definition) is 0. The van der Waals surface area contributed by atoms with Gasteiger partial charge in [0.25, 0.3) is 0 Å². The molecule has 0 fully saturated rings. The van der Waals surface area contributed by atoms with Crippen molar-refractivity contribution in [1.29, 1.82) is 0 Å². The third-order valence-corrected chi connectivity index (χ3v) is 2.23. The van der Waals surface area contributed by atoms with Gasteiger partial charge in [0.2, 0.25) is 0 Å². The van der Waals surface area contributed by atoms with Gasteiger partial charge in [0.15, 0.2) is 0 Å². The zero-order valence-corrected chi connectivity index (χ0v) is 7.81. The highest BCUT2D eigenvalue weighted by Gasteiger charge is 2.06. The van der Waals surface area contributed by atoms with Gasteiger partial charge in [0.05, 0.1) is 5.92 Å². The van der Waals surface area contributed by atoms with Crippen molar-refractivity contribution < 1.29 is 0 Å². The van der Waals surface area contributed by atoms with Gasteiger partial charge in [-0.3, -0.25) is 0 Å². The molecule has 12 heavy (non-hydrogen) atoms. The van der Waals surface area contributed by atoms with Gasteiger partial charge in [-0.2, -0.15) is 0 Å². The first kappa shape index (κ1) is 8.87. The molecule has 0 aliphatic carbocycles. The number of benzene rings is 1. The van der Waals surface area contributed by atoms with Crippen molar-refractivity contribution in [2.45, 2.75) is 20.8 Å². The monoisotopic (exact) mass is 157 g/mol. The van der Waals surface area contributed by atoms with Crippen molar-refractivity contribution in [3.8, 4) is 12.3 Å². The molecule has 0 heterocycles. The molecule has 0 unspecified atom stereocenters. The summed E-state index contributed by atoms with van der Waals surface area (Å²) in [5.41, 5.74) is 3.77. The molecule has 0 bridgehead atoms. The second kappa shape index (κ2) is 3.45. The molecule has 0 aliphatic heterocycles. The normalized spacial score (nSPS) is 9.92. The Morgan fingerprint density at radius 2 is 2.00 bits per heavy atom. The van der Waals surface area contributed by atoms with E-state index in [0.717, 1.165) is 5.92 Å². The van der Waals surface area contributed by atoms with Crippen LogP contribution in [0.15, 0.2) is 18.2 Å². The van der Waals surface area contributed by atoms with E-state index in [1.807, 2.05) is 13.0 Å². The molecule has 0 heteroatoms. The predicted octanol–water partition coefficient (Wildman–Crippen LogP) is 2.88. The van der Waals surface area contributed by atoms with Crippen LogP contribution in [0.5, 0.6) is 0 Å². The molecule has 0 spiro atoms. The van der Waals surface area contributed by atoms with Gasteiger partial charge in [-0.25, -0.2) is 0 Å². The summed E-state index contributed by atoms with van der Waals surface area (Å²) in [7, 11) is 0. The smallest absolute Gasteiger partial charge is 0.0738 e. The molecule has 1 aromatic carbocycles. The number of rotatable bonds is 1. The standard InChI is InChI=1S/C12H13/c1-5-9(2)12-8-6-7-10(3)11(12)4/h1,6-8H,2-4H3. The first-order chi connectivity index (χ1) is 5.66. The van der Waals surface area contributed by atoms with Crippen LogP contribution in [0.4, 0.5) is 0 Å². The lowest BCUT2D eigenvalue weighted by molar-refractivity contribution is 1.20. The fraction of sp³-hybridized carbons (Fsp3) is 0.250. The number of terminal acetylenes is 1. The van der Waals surface area contributed by atoms with Gasteiger partial charge in [-0.05, 0) is 37.5 Å². The van der Waals surface area contributed by atoms with Gasteiger partial charge >= 0.3 is 0 Å². The second-order valence-electron chi connectivity index (χ2n) is 3.02. The van der Waals surface area contributed by atoms with Gasteiger partial charge in [-0.1, -0.05) is 24.1 Å².